The fourth-order valence-corrected chi connectivity index (χ4v) is 4.59. The van der Waals surface area contributed by atoms with Gasteiger partial charge in [0, 0.05) is 7.05 Å². The Morgan fingerprint density at radius 1 is 1.21 bits per heavy atom. The molecule has 1 heterocycles. The van der Waals surface area contributed by atoms with Gasteiger partial charge in [-0.25, -0.2) is 13.2 Å². The number of hydrogen-bond acceptors (Lipinski definition) is 5. The highest BCUT2D eigenvalue weighted by atomic mass is 35.5. The minimum absolute atomic E-state index is 0.0249. The smallest absolute Gasteiger partial charge is 0.408 e. The summed E-state index contributed by atoms with van der Waals surface area (Å²) < 4.78 is 72.6. The summed E-state index contributed by atoms with van der Waals surface area (Å²) in [5, 5.41) is -0.366. The Morgan fingerprint density at radius 3 is 2.50 bits per heavy atom. The molecule has 0 bridgehead atoms. The van der Waals surface area contributed by atoms with Crippen LogP contribution in [0.2, 0.25) is 5.02 Å². The summed E-state index contributed by atoms with van der Waals surface area (Å²) in [6, 6.07) is 6.01. The first-order valence-electron chi connectivity index (χ1n) is 7.74. The van der Waals surface area contributed by atoms with Gasteiger partial charge in [-0.15, -0.1) is 13.2 Å². The van der Waals surface area contributed by atoms with E-state index >= 15 is 0 Å². The molecule has 11 heteroatoms. The number of halogens is 4. The van der Waals surface area contributed by atoms with Crippen molar-refractivity contribution in [3.8, 4) is 5.75 Å². The number of oxazole rings is 1. The fourth-order valence-electron chi connectivity index (χ4n) is 2.73. The third-order valence-electron chi connectivity index (χ3n) is 4.00. The molecule has 2 aromatic carbocycles. The van der Waals surface area contributed by atoms with Crippen LogP contribution in [0.4, 0.5) is 13.2 Å². The maximum atomic E-state index is 12.8. The number of nitrogens with zero attached hydrogens (tertiary/aromatic N) is 1. The molecule has 1 aromatic heterocycles. The first-order chi connectivity index (χ1) is 12.9. The summed E-state index contributed by atoms with van der Waals surface area (Å²) in [4.78, 5) is 11.6. The highest BCUT2D eigenvalue weighted by molar-refractivity contribution is 7.90. The van der Waals surface area contributed by atoms with Gasteiger partial charge in [0.2, 0.25) is 0 Å². The van der Waals surface area contributed by atoms with Crippen LogP contribution in [-0.4, -0.2) is 19.3 Å². The number of sulfone groups is 1. The Hall–Kier alpha value is -2.46. The highest BCUT2D eigenvalue weighted by Crippen LogP contribution is 2.32. The second-order valence-corrected chi connectivity index (χ2v) is 8.45. The summed E-state index contributed by atoms with van der Waals surface area (Å²) in [7, 11) is -2.44. The molecular weight excluding hydrogens is 423 g/mol. The summed E-state index contributed by atoms with van der Waals surface area (Å²) in [5.41, 5.74) is 1.10. The SMILES string of the molecule is Cc1cc2oc(=O)n(C)c2cc1S(=O)(=O)Cc1ccc(OC(F)(F)F)c(Cl)c1. The molecule has 0 aliphatic rings. The van der Waals surface area contributed by atoms with Gasteiger partial charge in [-0.05, 0) is 42.3 Å². The third kappa shape index (κ3) is 4.02. The van der Waals surface area contributed by atoms with E-state index in [1.807, 2.05) is 0 Å². The minimum Gasteiger partial charge on any atom is -0.408 e. The van der Waals surface area contributed by atoms with Gasteiger partial charge in [-0.3, -0.25) is 4.57 Å². The molecule has 150 valence electrons. The van der Waals surface area contributed by atoms with Crippen LogP contribution in [0.1, 0.15) is 11.1 Å². The van der Waals surface area contributed by atoms with Crippen molar-refractivity contribution in [2.75, 3.05) is 0 Å². The molecule has 0 unspecified atom stereocenters. The Morgan fingerprint density at radius 2 is 1.89 bits per heavy atom. The molecule has 0 aliphatic heterocycles. The molecule has 0 spiro atoms. The minimum atomic E-state index is -4.91. The van der Waals surface area contributed by atoms with E-state index in [4.69, 9.17) is 16.0 Å². The zero-order valence-electron chi connectivity index (χ0n) is 14.5. The molecular formula is C17H13ClF3NO5S. The fraction of sp³-hybridized carbons (Fsp3) is 0.235. The Labute approximate surface area is 162 Å². The number of aromatic nitrogens is 1. The Kier molecular flexibility index (Phi) is 4.96. The second-order valence-electron chi connectivity index (χ2n) is 6.08. The van der Waals surface area contributed by atoms with Gasteiger partial charge in [0.15, 0.2) is 15.4 Å². The van der Waals surface area contributed by atoms with Crippen molar-refractivity contribution < 1.29 is 30.7 Å². The monoisotopic (exact) mass is 435 g/mol. The molecule has 6 nitrogen and oxygen atoms in total. The summed E-state index contributed by atoms with van der Waals surface area (Å²) >= 11 is 5.77. The van der Waals surface area contributed by atoms with Crippen molar-refractivity contribution in [2.24, 2.45) is 7.05 Å². The lowest BCUT2D eigenvalue weighted by Gasteiger charge is -2.12. The number of hydrogen-bond donors (Lipinski definition) is 0. The number of alkyl halides is 3. The molecule has 3 aromatic rings. The van der Waals surface area contributed by atoms with Crippen molar-refractivity contribution in [2.45, 2.75) is 23.9 Å². The molecule has 0 saturated heterocycles. The van der Waals surface area contributed by atoms with Crippen LogP contribution in [0.3, 0.4) is 0 Å². The molecule has 0 N–H and O–H groups in total. The first-order valence-corrected chi connectivity index (χ1v) is 9.77. The van der Waals surface area contributed by atoms with E-state index in [1.165, 1.54) is 29.8 Å². The van der Waals surface area contributed by atoms with E-state index in [1.54, 1.807) is 6.92 Å². The van der Waals surface area contributed by atoms with E-state index in [-0.39, 0.29) is 21.1 Å². The van der Waals surface area contributed by atoms with E-state index in [0.29, 0.717) is 11.1 Å². The van der Waals surface area contributed by atoms with Crippen LogP contribution < -0.4 is 10.5 Å². The molecule has 3 rings (SSSR count). The van der Waals surface area contributed by atoms with E-state index in [9.17, 15) is 26.4 Å². The maximum absolute atomic E-state index is 12.8. The summed E-state index contributed by atoms with van der Waals surface area (Å²) in [5.74, 6) is -1.76. The van der Waals surface area contributed by atoms with Crippen molar-refractivity contribution in [1.29, 1.82) is 0 Å². The standard InChI is InChI=1S/C17H13ClF3NO5S/c1-9-5-14-12(22(2)16(23)26-14)7-15(9)28(24,25)8-10-3-4-13(11(18)6-10)27-17(19,20)21/h3-7H,8H2,1-2H3. The Bertz CT molecular complexity index is 1230. The van der Waals surface area contributed by atoms with Gasteiger partial charge < -0.3 is 9.15 Å². The molecule has 0 aliphatic carbocycles. The van der Waals surface area contributed by atoms with Crippen LogP contribution in [0.25, 0.3) is 11.1 Å². The van der Waals surface area contributed by atoms with Gasteiger partial charge >= 0.3 is 12.1 Å². The number of aryl methyl sites for hydroxylation is 2. The van der Waals surface area contributed by atoms with E-state index in [2.05, 4.69) is 4.74 Å². The number of rotatable bonds is 4. The van der Waals surface area contributed by atoms with Gasteiger partial charge in [0.1, 0.15) is 5.75 Å². The van der Waals surface area contributed by atoms with Gasteiger partial charge in [-0.2, -0.15) is 0 Å². The van der Waals surface area contributed by atoms with Crippen molar-refractivity contribution in [3.63, 3.8) is 0 Å². The van der Waals surface area contributed by atoms with Gasteiger partial charge in [0.05, 0.1) is 21.2 Å². The lowest BCUT2D eigenvalue weighted by Crippen LogP contribution is -2.17. The molecule has 0 radical (unpaired) electrons. The topological polar surface area (TPSA) is 78.5 Å². The maximum Gasteiger partial charge on any atom is 0.573 e. The lowest BCUT2D eigenvalue weighted by atomic mass is 10.2. The van der Waals surface area contributed by atoms with Gasteiger partial charge in [-0.1, -0.05) is 17.7 Å². The Balaban J connectivity index is 1.97. The first kappa shape index (κ1) is 20.3. The predicted molar refractivity (Wildman–Crippen MR) is 95.2 cm³/mol. The van der Waals surface area contributed by atoms with Crippen molar-refractivity contribution >= 4 is 32.5 Å². The molecule has 0 saturated carbocycles. The summed E-state index contributed by atoms with van der Waals surface area (Å²) in [6.07, 6.45) is -4.91. The average molecular weight is 436 g/mol. The largest absolute Gasteiger partial charge is 0.573 e. The van der Waals surface area contributed by atoms with E-state index in [0.717, 1.165) is 12.1 Å². The average Bonchev–Trinajstić information content (AvgIpc) is 2.81. The van der Waals surface area contributed by atoms with Crippen molar-refractivity contribution in [1.82, 2.24) is 4.57 Å². The molecule has 0 fully saturated rings. The van der Waals surface area contributed by atoms with Crippen molar-refractivity contribution in [3.05, 3.63) is 57.0 Å². The quantitative estimate of drug-likeness (QED) is 0.619. The number of ether oxygens (including phenoxy) is 1. The predicted octanol–water partition coefficient (Wildman–Crippen LogP) is 3.97. The zero-order valence-corrected chi connectivity index (χ0v) is 16.1. The molecule has 0 atom stereocenters. The normalized spacial score (nSPS) is 12.5. The summed E-state index contributed by atoms with van der Waals surface area (Å²) in [6.45, 7) is 1.55. The van der Waals surface area contributed by atoms with Gasteiger partial charge in [0.25, 0.3) is 0 Å². The van der Waals surface area contributed by atoms with Crippen LogP contribution in [0.15, 0.2) is 44.4 Å². The number of benzene rings is 2. The second kappa shape index (κ2) is 6.85. The molecule has 0 amide bonds. The zero-order chi connectivity index (χ0) is 20.9. The van der Waals surface area contributed by atoms with Crippen LogP contribution in [0.5, 0.6) is 5.75 Å². The van der Waals surface area contributed by atoms with Crippen LogP contribution in [0, 0.1) is 6.92 Å². The number of fused-ring (bicyclic) bond motifs is 1. The highest BCUT2D eigenvalue weighted by Gasteiger charge is 2.32. The van der Waals surface area contributed by atoms with E-state index < -0.39 is 33.5 Å². The molecule has 28 heavy (non-hydrogen) atoms. The third-order valence-corrected chi connectivity index (χ3v) is 6.12. The van der Waals surface area contributed by atoms with Crippen LogP contribution >= 0.6 is 11.6 Å². The lowest BCUT2D eigenvalue weighted by molar-refractivity contribution is -0.274. The van der Waals surface area contributed by atoms with Crippen LogP contribution in [-0.2, 0) is 22.6 Å².